The number of aliphatic hydroxyl groups is 2. The van der Waals surface area contributed by atoms with Gasteiger partial charge in [-0.15, -0.1) is 0 Å². The Hall–Kier alpha value is -3.39. The Morgan fingerprint density at radius 1 is 1.28 bits per heavy atom. The topological polar surface area (TPSA) is 166 Å². The van der Waals surface area contributed by atoms with Gasteiger partial charge in [-0.1, -0.05) is 0 Å². The lowest BCUT2D eigenvalue weighted by Crippen LogP contribution is -2.42. The predicted octanol–water partition coefficient (Wildman–Crippen LogP) is -0.374. The number of hydrogen-bond donors (Lipinski definition) is 4. The molecule has 4 heterocycles. The third kappa shape index (κ3) is 3.82. The molecule has 1 fully saturated rings. The van der Waals surface area contributed by atoms with Crippen LogP contribution in [-0.2, 0) is 14.4 Å². The number of nitrogens with zero attached hydrogens (tertiary/aromatic N) is 5. The molecule has 0 aliphatic carbocycles. The molecule has 4 rings (SSSR count). The van der Waals surface area contributed by atoms with E-state index < -0.39 is 30.4 Å². The van der Waals surface area contributed by atoms with E-state index in [1.165, 1.54) is 18.0 Å². The van der Waals surface area contributed by atoms with Crippen LogP contribution in [0.1, 0.15) is 13.2 Å². The van der Waals surface area contributed by atoms with Crippen LogP contribution in [0.5, 0.6) is 5.75 Å². The summed E-state index contributed by atoms with van der Waals surface area (Å²) in [5.74, 6) is 0.612. The number of amides is 1. The van der Waals surface area contributed by atoms with E-state index >= 15 is 0 Å². The number of carbonyl (C=O) groups is 1. The number of hydrogen-bond acceptors (Lipinski definition) is 11. The highest BCUT2D eigenvalue weighted by Crippen LogP contribution is 2.33. The number of imidazole rings is 1. The van der Waals surface area contributed by atoms with Gasteiger partial charge in [0.25, 0.3) is 5.91 Å². The maximum absolute atomic E-state index is 12.1. The van der Waals surface area contributed by atoms with Crippen molar-refractivity contribution in [3.63, 3.8) is 0 Å². The maximum Gasteiger partial charge on any atom is 0.275 e. The first-order chi connectivity index (χ1) is 15.5. The van der Waals surface area contributed by atoms with Crippen LogP contribution in [0.4, 0.5) is 5.82 Å². The number of hydroxylamine groups is 1. The molecule has 0 radical (unpaired) electrons. The van der Waals surface area contributed by atoms with Gasteiger partial charge in [-0.2, -0.15) is 0 Å². The SMILES string of the molecule is CCOc1cncc(-c2nc(NC)c3ncn(C4OC(C(=O)NOC)C(O)C4O)c3n2)c1. The third-order valence-corrected chi connectivity index (χ3v) is 4.91. The molecule has 0 bridgehead atoms. The first kappa shape index (κ1) is 21.8. The normalized spacial score (nSPS) is 22.8. The zero-order valence-corrected chi connectivity index (χ0v) is 17.6. The molecule has 0 spiro atoms. The summed E-state index contributed by atoms with van der Waals surface area (Å²) in [7, 11) is 2.94. The van der Waals surface area contributed by atoms with Crippen LogP contribution in [0.3, 0.4) is 0 Å². The van der Waals surface area contributed by atoms with Crippen LogP contribution in [0.25, 0.3) is 22.6 Å². The quantitative estimate of drug-likeness (QED) is 0.350. The Kier molecular flexibility index (Phi) is 6.14. The van der Waals surface area contributed by atoms with Crippen molar-refractivity contribution in [1.29, 1.82) is 0 Å². The van der Waals surface area contributed by atoms with Crippen molar-refractivity contribution < 1.29 is 29.3 Å². The Balaban J connectivity index is 1.76. The zero-order chi connectivity index (χ0) is 22.8. The molecular weight excluding hydrogens is 422 g/mol. The summed E-state index contributed by atoms with van der Waals surface area (Å²) in [5.41, 5.74) is 3.44. The summed E-state index contributed by atoms with van der Waals surface area (Å²) in [4.78, 5) is 34.2. The Morgan fingerprint density at radius 2 is 2.09 bits per heavy atom. The van der Waals surface area contributed by atoms with Gasteiger partial charge in [0.2, 0.25) is 0 Å². The lowest BCUT2D eigenvalue weighted by Gasteiger charge is -2.17. The fourth-order valence-corrected chi connectivity index (χ4v) is 3.46. The van der Waals surface area contributed by atoms with Gasteiger partial charge in [-0.25, -0.2) is 20.4 Å². The Morgan fingerprint density at radius 3 is 2.81 bits per heavy atom. The molecule has 1 aliphatic rings. The summed E-state index contributed by atoms with van der Waals surface area (Å²) in [6, 6.07) is 1.76. The van der Waals surface area contributed by atoms with Crippen LogP contribution < -0.4 is 15.5 Å². The number of pyridine rings is 1. The van der Waals surface area contributed by atoms with Crippen LogP contribution in [-0.4, -0.2) is 79.7 Å². The second-order valence-corrected chi connectivity index (χ2v) is 6.91. The third-order valence-electron chi connectivity index (χ3n) is 4.91. The second kappa shape index (κ2) is 9.00. The molecular formula is C19H23N7O6. The number of fused-ring (bicyclic) bond motifs is 1. The highest BCUT2D eigenvalue weighted by Gasteiger charge is 2.48. The molecule has 4 N–H and O–H groups in total. The lowest BCUT2D eigenvalue weighted by atomic mass is 10.1. The summed E-state index contributed by atoms with van der Waals surface area (Å²) in [6.07, 6.45) is -0.781. The summed E-state index contributed by atoms with van der Waals surface area (Å²) in [5, 5.41) is 23.8. The van der Waals surface area contributed by atoms with Crippen molar-refractivity contribution in [3.8, 4) is 17.1 Å². The molecule has 4 unspecified atom stereocenters. The van der Waals surface area contributed by atoms with E-state index in [1.807, 2.05) is 6.92 Å². The van der Waals surface area contributed by atoms with Gasteiger partial charge in [-0.05, 0) is 13.0 Å². The molecule has 1 amide bonds. The van der Waals surface area contributed by atoms with Gasteiger partial charge in [-0.3, -0.25) is 19.2 Å². The number of ether oxygens (including phenoxy) is 2. The molecule has 1 aliphatic heterocycles. The molecule has 3 aromatic rings. The molecule has 13 heteroatoms. The molecule has 0 aromatic carbocycles. The minimum Gasteiger partial charge on any atom is -0.492 e. The zero-order valence-electron chi connectivity index (χ0n) is 17.6. The minimum absolute atomic E-state index is 0.324. The number of carbonyl (C=O) groups excluding carboxylic acids is 1. The van der Waals surface area contributed by atoms with Crippen LogP contribution in [0, 0.1) is 0 Å². The first-order valence-electron chi connectivity index (χ1n) is 9.83. The highest BCUT2D eigenvalue weighted by molar-refractivity contribution is 5.85. The van der Waals surface area contributed by atoms with E-state index in [2.05, 4.69) is 35.6 Å². The second-order valence-electron chi connectivity index (χ2n) is 6.91. The van der Waals surface area contributed by atoms with Crippen molar-refractivity contribution in [2.75, 3.05) is 26.1 Å². The number of rotatable bonds is 7. The Labute approximate surface area is 182 Å². The maximum atomic E-state index is 12.1. The van der Waals surface area contributed by atoms with Gasteiger partial charge in [0.15, 0.2) is 35.1 Å². The standard InChI is InChI=1S/C19H23N7O6/c1-4-31-10-5-9(6-21-7-10)15-23-16(20-2)11-17(24-15)26(8-22-11)19-13(28)12(27)14(32-19)18(29)25-30-3/h5-8,12-14,19,27-28H,4H2,1-3H3,(H,25,29)(H,20,23,24). The molecule has 1 saturated heterocycles. The fourth-order valence-electron chi connectivity index (χ4n) is 3.46. The van der Waals surface area contributed by atoms with E-state index in [0.29, 0.717) is 40.7 Å². The molecule has 32 heavy (non-hydrogen) atoms. The lowest BCUT2D eigenvalue weighted by molar-refractivity contribution is -0.148. The smallest absolute Gasteiger partial charge is 0.275 e. The van der Waals surface area contributed by atoms with E-state index in [-0.39, 0.29) is 0 Å². The largest absolute Gasteiger partial charge is 0.492 e. The van der Waals surface area contributed by atoms with Gasteiger partial charge in [0.05, 0.1) is 26.2 Å². The van der Waals surface area contributed by atoms with Gasteiger partial charge < -0.3 is 25.0 Å². The van der Waals surface area contributed by atoms with E-state index in [1.54, 1.807) is 25.5 Å². The predicted molar refractivity (Wildman–Crippen MR) is 110 cm³/mol. The van der Waals surface area contributed by atoms with Gasteiger partial charge >= 0.3 is 0 Å². The van der Waals surface area contributed by atoms with E-state index in [0.717, 1.165) is 0 Å². The van der Waals surface area contributed by atoms with Gasteiger partial charge in [0.1, 0.15) is 18.0 Å². The summed E-state index contributed by atoms with van der Waals surface area (Å²) < 4.78 is 12.6. The average molecular weight is 445 g/mol. The summed E-state index contributed by atoms with van der Waals surface area (Å²) >= 11 is 0. The number of anilines is 1. The molecule has 0 saturated carbocycles. The molecule has 13 nitrogen and oxygen atoms in total. The van der Waals surface area contributed by atoms with Gasteiger partial charge in [0, 0.05) is 18.8 Å². The van der Waals surface area contributed by atoms with Crippen molar-refractivity contribution in [2.45, 2.75) is 31.5 Å². The highest BCUT2D eigenvalue weighted by atomic mass is 16.6. The number of aromatic nitrogens is 5. The average Bonchev–Trinajstić information content (AvgIpc) is 3.34. The summed E-state index contributed by atoms with van der Waals surface area (Å²) in [6.45, 7) is 2.35. The first-order valence-corrected chi connectivity index (χ1v) is 9.83. The van der Waals surface area contributed by atoms with Crippen LogP contribution in [0.15, 0.2) is 24.8 Å². The number of nitrogens with one attached hydrogen (secondary N) is 2. The van der Waals surface area contributed by atoms with Crippen molar-refractivity contribution >= 4 is 22.9 Å². The van der Waals surface area contributed by atoms with Crippen LogP contribution in [0.2, 0.25) is 0 Å². The fraction of sp³-hybridized carbons (Fsp3) is 0.421. The number of aliphatic hydroxyl groups excluding tert-OH is 2. The molecule has 170 valence electrons. The van der Waals surface area contributed by atoms with E-state index in [9.17, 15) is 15.0 Å². The monoisotopic (exact) mass is 445 g/mol. The minimum atomic E-state index is -1.48. The Bertz CT molecular complexity index is 1120. The van der Waals surface area contributed by atoms with Crippen LogP contribution >= 0.6 is 0 Å². The van der Waals surface area contributed by atoms with Crippen molar-refractivity contribution in [2.24, 2.45) is 0 Å². The molecule has 3 aromatic heterocycles. The van der Waals surface area contributed by atoms with Crippen molar-refractivity contribution in [1.82, 2.24) is 30.0 Å². The molecule has 4 atom stereocenters. The van der Waals surface area contributed by atoms with Crippen molar-refractivity contribution in [3.05, 3.63) is 24.8 Å². The van der Waals surface area contributed by atoms with E-state index in [4.69, 9.17) is 9.47 Å².